The number of likely N-dealkylation sites (N-methyl/N-ethyl adjacent to an activating group) is 1. The maximum atomic E-state index is 9.92. The zero-order valence-electron chi connectivity index (χ0n) is 11.8. The van der Waals surface area contributed by atoms with Gasteiger partial charge in [-0.3, -0.25) is 0 Å². The SMILES string of the molecule is C[NH+]1CC[C@]23CCCC[C@@H]2[C@H]1Cc1ccc(O)cc13. The number of aromatic hydroxyl groups is 1. The number of likely N-dealkylation sites (tertiary alicyclic amines) is 1. The van der Waals surface area contributed by atoms with E-state index in [4.69, 9.17) is 0 Å². The molecule has 2 nitrogen and oxygen atoms in total. The molecule has 0 radical (unpaired) electrons. The van der Waals surface area contributed by atoms with Crippen LogP contribution in [0.5, 0.6) is 5.75 Å². The minimum Gasteiger partial charge on any atom is -0.508 e. The zero-order chi connectivity index (χ0) is 13.0. The molecule has 1 unspecified atom stereocenters. The van der Waals surface area contributed by atoms with Crippen LogP contribution in [0, 0.1) is 5.92 Å². The van der Waals surface area contributed by atoms with Gasteiger partial charge in [0.2, 0.25) is 0 Å². The Morgan fingerprint density at radius 3 is 3.05 bits per heavy atom. The van der Waals surface area contributed by atoms with Gasteiger partial charge in [0.25, 0.3) is 0 Å². The van der Waals surface area contributed by atoms with Crippen LogP contribution < -0.4 is 4.90 Å². The largest absolute Gasteiger partial charge is 0.508 e. The summed E-state index contributed by atoms with van der Waals surface area (Å²) in [7, 11) is 2.38. The molecule has 4 atom stereocenters. The van der Waals surface area contributed by atoms with Crippen LogP contribution in [0.4, 0.5) is 0 Å². The van der Waals surface area contributed by atoms with Crippen molar-refractivity contribution >= 4 is 0 Å². The summed E-state index contributed by atoms with van der Waals surface area (Å²) in [5.41, 5.74) is 3.41. The monoisotopic (exact) mass is 258 g/mol. The molecule has 2 fully saturated rings. The van der Waals surface area contributed by atoms with Crippen molar-refractivity contribution in [3.05, 3.63) is 29.3 Å². The van der Waals surface area contributed by atoms with Crippen LogP contribution >= 0.6 is 0 Å². The molecule has 2 heteroatoms. The highest BCUT2D eigenvalue weighted by Gasteiger charge is 2.55. The first-order valence-corrected chi connectivity index (χ1v) is 7.85. The fourth-order valence-corrected chi connectivity index (χ4v) is 5.34. The van der Waals surface area contributed by atoms with Crippen LogP contribution in [-0.4, -0.2) is 24.7 Å². The van der Waals surface area contributed by atoms with E-state index in [0.29, 0.717) is 11.2 Å². The smallest absolute Gasteiger partial charge is 0.115 e. The van der Waals surface area contributed by atoms with Crippen molar-refractivity contribution < 1.29 is 10.0 Å². The van der Waals surface area contributed by atoms with Gasteiger partial charge in [0, 0.05) is 24.2 Å². The summed E-state index contributed by atoms with van der Waals surface area (Å²) in [5.74, 6) is 1.31. The molecule has 0 aromatic heterocycles. The lowest BCUT2D eigenvalue weighted by Crippen LogP contribution is -3.16. The number of fused-ring (bicyclic) bond motifs is 1. The topological polar surface area (TPSA) is 24.7 Å². The Bertz CT molecular complexity index is 512. The normalized spacial score (nSPS) is 40.4. The second kappa shape index (κ2) is 3.99. The third kappa shape index (κ3) is 1.53. The van der Waals surface area contributed by atoms with Crippen molar-refractivity contribution in [3.63, 3.8) is 0 Å². The zero-order valence-corrected chi connectivity index (χ0v) is 11.8. The van der Waals surface area contributed by atoms with Gasteiger partial charge in [0.05, 0.1) is 19.6 Å². The van der Waals surface area contributed by atoms with E-state index in [9.17, 15) is 5.11 Å². The first-order chi connectivity index (χ1) is 9.21. The molecule has 102 valence electrons. The van der Waals surface area contributed by atoms with Crippen LogP contribution in [0.3, 0.4) is 0 Å². The van der Waals surface area contributed by atoms with Crippen LogP contribution in [0.1, 0.15) is 43.2 Å². The number of quaternary nitrogens is 1. The van der Waals surface area contributed by atoms with E-state index >= 15 is 0 Å². The van der Waals surface area contributed by atoms with E-state index in [1.807, 2.05) is 6.07 Å². The van der Waals surface area contributed by atoms with Crippen LogP contribution in [-0.2, 0) is 11.8 Å². The fourth-order valence-electron chi connectivity index (χ4n) is 5.34. The lowest BCUT2D eigenvalue weighted by atomic mass is 9.52. The highest BCUT2D eigenvalue weighted by Crippen LogP contribution is 2.53. The molecule has 1 aliphatic heterocycles. The van der Waals surface area contributed by atoms with Gasteiger partial charge in [-0.15, -0.1) is 0 Å². The number of nitrogens with one attached hydrogen (secondary N) is 1. The summed E-state index contributed by atoms with van der Waals surface area (Å²) >= 11 is 0. The van der Waals surface area contributed by atoms with Gasteiger partial charge in [0.1, 0.15) is 5.75 Å². The summed E-state index contributed by atoms with van der Waals surface area (Å²) in [6.45, 7) is 1.30. The van der Waals surface area contributed by atoms with Crippen molar-refractivity contribution in [2.75, 3.05) is 13.6 Å². The van der Waals surface area contributed by atoms with E-state index < -0.39 is 0 Å². The second-order valence-electron chi connectivity index (χ2n) is 7.01. The molecule has 3 aliphatic rings. The number of hydrogen-bond donors (Lipinski definition) is 2. The predicted octanol–water partition coefficient (Wildman–Crippen LogP) is 1.66. The molecule has 0 spiro atoms. The third-order valence-corrected chi connectivity index (χ3v) is 6.25. The molecule has 19 heavy (non-hydrogen) atoms. The highest BCUT2D eigenvalue weighted by molar-refractivity contribution is 5.44. The maximum Gasteiger partial charge on any atom is 0.115 e. The Morgan fingerprint density at radius 1 is 1.26 bits per heavy atom. The van der Waals surface area contributed by atoms with Crippen LogP contribution in [0.2, 0.25) is 0 Å². The molecule has 2 N–H and O–H groups in total. The number of hydrogen-bond acceptors (Lipinski definition) is 1. The van der Waals surface area contributed by atoms with E-state index in [1.165, 1.54) is 56.2 Å². The molecule has 1 saturated carbocycles. The first kappa shape index (κ1) is 11.8. The Hall–Kier alpha value is -1.02. The van der Waals surface area contributed by atoms with E-state index in [2.05, 4.69) is 19.2 Å². The molecule has 0 amide bonds. The van der Waals surface area contributed by atoms with Crippen LogP contribution in [0.25, 0.3) is 0 Å². The van der Waals surface area contributed by atoms with E-state index in [1.54, 1.807) is 4.90 Å². The number of rotatable bonds is 0. The van der Waals surface area contributed by atoms with Gasteiger partial charge >= 0.3 is 0 Å². The fraction of sp³-hybridized carbons (Fsp3) is 0.647. The Morgan fingerprint density at radius 2 is 2.16 bits per heavy atom. The van der Waals surface area contributed by atoms with Gasteiger partial charge in [-0.2, -0.15) is 0 Å². The summed E-state index contributed by atoms with van der Waals surface area (Å²) in [6.07, 6.45) is 8.06. The number of phenols is 1. The van der Waals surface area contributed by atoms with E-state index in [0.717, 1.165) is 12.0 Å². The summed E-state index contributed by atoms with van der Waals surface area (Å²) < 4.78 is 0. The average molecular weight is 258 g/mol. The maximum absolute atomic E-state index is 9.92. The minimum absolute atomic E-state index is 0.398. The Labute approximate surface area is 115 Å². The van der Waals surface area contributed by atoms with E-state index in [-0.39, 0.29) is 0 Å². The standard InChI is InChI=1S/C17H23NO/c1-18-9-8-17-7-3-2-4-14(17)16(18)10-12-5-6-13(19)11-15(12)17/h5-6,11,14,16,19H,2-4,7-10H2,1H3/p+1/t14-,16-,17-/m1/s1. The quantitative estimate of drug-likeness (QED) is 0.727. The molecule has 1 heterocycles. The lowest BCUT2D eigenvalue weighted by molar-refractivity contribution is -0.919. The second-order valence-corrected chi connectivity index (χ2v) is 7.01. The van der Waals surface area contributed by atoms with Gasteiger partial charge in [0.15, 0.2) is 0 Å². The number of piperidine rings is 1. The van der Waals surface area contributed by atoms with Gasteiger partial charge in [-0.25, -0.2) is 0 Å². The van der Waals surface area contributed by atoms with Gasteiger partial charge < -0.3 is 10.0 Å². The Kier molecular flexibility index (Phi) is 2.47. The molecule has 4 rings (SSSR count). The summed E-state index contributed by atoms with van der Waals surface area (Å²) in [4.78, 5) is 1.74. The minimum atomic E-state index is 0.398. The average Bonchev–Trinajstić information content (AvgIpc) is 2.43. The summed E-state index contributed by atoms with van der Waals surface area (Å²) in [5, 5.41) is 9.92. The molecule has 2 bridgehead atoms. The van der Waals surface area contributed by atoms with Gasteiger partial charge in [-0.05, 0) is 36.1 Å². The third-order valence-electron chi connectivity index (χ3n) is 6.25. The molecule has 1 aromatic rings. The highest BCUT2D eigenvalue weighted by atomic mass is 16.3. The molecule has 1 aromatic carbocycles. The molecule has 2 aliphatic carbocycles. The van der Waals surface area contributed by atoms with Crippen molar-refractivity contribution in [1.82, 2.24) is 0 Å². The van der Waals surface area contributed by atoms with Gasteiger partial charge in [-0.1, -0.05) is 18.9 Å². The number of phenolic OH excluding ortho intramolecular Hbond substituents is 1. The molecular weight excluding hydrogens is 234 g/mol. The Balaban J connectivity index is 1.90. The summed E-state index contributed by atoms with van der Waals surface area (Å²) in [6, 6.07) is 6.96. The molecule has 1 saturated heterocycles. The predicted molar refractivity (Wildman–Crippen MR) is 75.6 cm³/mol. The van der Waals surface area contributed by atoms with Crippen molar-refractivity contribution in [3.8, 4) is 5.75 Å². The molecular formula is C17H24NO+. The van der Waals surface area contributed by atoms with Crippen molar-refractivity contribution in [1.29, 1.82) is 0 Å². The van der Waals surface area contributed by atoms with Crippen LogP contribution in [0.15, 0.2) is 18.2 Å². The first-order valence-electron chi connectivity index (χ1n) is 7.85. The van der Waals surface area contributed by atoms with Crippen molar-refractivity contribution in [2.45, 2.75) is 50.0 Å². The lowest BCUT2D eigenvalue weighted by Gasteiger charge is -2.56. The van der Waals surface area contributed by atoms with Crippen molar-refractivity contribution in [2.24, 2.45) is 5.92 Å². The number of benzene rings is 1.